The third kappa shape index (κ3) is 4.69. The molecule has 1 amide bonds. The first kappa shape index (κ1) is 22.9. The number of fused-ring (bicyclic) bond motifs is 1. The number of nitro groups is 1. The van der Waals surface area contributed by atoms with Crippen molar-refractivity contribution in [2.45, 2.75) is 12.5 Å². The maximum Gasteiger partial charge on any atom is 0.269 e. The molecule has 2 heterocycles. The number of pyridine rings is 1. The monoisotopic (exact) mass is 477 g/mol. The van der Waals surface area contributed by atoms with Gasteiger partial charge in [-0.3, -0.25) is 19.9 Å². The van der Waals surface area contributed by atoms with Gasteiger partial charge >= 0.3 is 0 Å². The van der Waals surface area contributed by atoms with Crippen LogP contribution in [0.4, 0.5) is 22.9 Å². The third-order valence-electron chi connectivity index (χ3n) is 6.07. The molecule has 0 saturated heterocycles. The molecule has 8 nitrogen and oxygen atoms in total. The molecule has 1 aliphatic heterocycles. The fraction of sp³-hybridized carbons (Fsp3) is 0.107. The molecule has 4 aromatic rings. The topological polar surface area (TPSA) is 101 Å². The minimum absolute atomic E-state index is 0.0657. The molecular formula is C28H23N5O3. The van der Waals surface area contributed by atoms with Crippen molar-refractivity contribution < 1.29 is 9.72 Å². The minimum Gasteiger partial charge on any atom is -0.355 e. The number of anilines is 2. The van der Waals surface area contributed by atoms with Gasteiger partial charge in [0.25, 0.3) is 5.69 Å². The van der Waals surface area contributed by atoms with Crippen LogP contribution in [0.25, 0.3) is 0 Å². The van der Waals surface area contributed by atoms with Gasteiger partial charge in [-0.2, -0.15) is 0 Å². The maximum atomic E-state index is 13.1. The standard InChI is InChI=1S/C28H23N5O3/c1-32(25-9-5-6-16-29-25)18-19-10-12-21(13-11-19)30-27(20-7-3-2-4-8-20)26-23-17-22(33(35)36)14-15-24(23)31-28(26)34/h2-17,26H,18H2,1H3,(H,31,34). The second-order valence-electron chi connectivity index (χ2n) is 8.52. The minimum atomic E-state index is -0.766. The van der Waals surface area contributed by atoms with Gasteiger partial charge in [-0.05, 0) is 41.5 Å². The van der Waals surface area contributed by atoms with Crippen molar-refractivity contribution in [3.8, 4) is 0 Å². The molecule has 0 fully saturated rings. The van der Waals surface area contributed by atoms with E-state index in [1.807, 2.05) is 79.8 Å². The number of benzene rings is 3. The number of rotatable bonds is 7. The van der Waals surface area contributed by atoms with Crippen LogP contribution in [0, 0.1) is 10.1 Å². The van der Waals surface area contributed by atoms with Crippen LogP contribution >= 0.6 is 0 Å². The second kappa shape index (κ2) is 9.79. The Bertz CT molecular complexity index is 1440. The van der Waals surface area contributed by atoms with Gasteiger partial charge in [0.05, 0.1) is 16.3 Å². The number of hydrogen-bond acceptors (Lipinski definition) is 6. The lowest BCUT2D eigenvalue weighted by Gasteiger charge is -2.18. The van der Waals surface area contributed by atoms with Gasteiger partial charge < -0.3 is 10.2 Å². The molecular weight excluding hydrogens is 454 g/mol. The Morgan fingerprint density at radius 1 is 1.03 bits per heavy atom. The largest absolute Gasteiger partial charge is 0.355 e. The van der Waals surface area contributed by atoms with Gasteiger partial charge in [-0.1, -0.05) is 48.5 Å². The predicted molar refractivity (Wildman–Crippen MR) is 140 cm³/mol. The SMILES string of the molecule is CN(Cc1ccc(N=C(c2ccccc2)C2C(=O)Nc3ccc([N+](=O)[O-])cc32)cc1)c1ccccn1. The number of nitro benzene ring substituents is 1. The van der Waals surface area contributed by atoms with Crippen molar-refractivity contribution in [2.24, 2.45) is 4.99 Å². The summed E-state index contributed by atoms with van der Waals surface area (Å²) in [7, 11) is 1.98. The summed E-state index contributed by atoms with van der Waals surface area (Å²) in [6, 6.07) is 27.4. The molecule has 0 radical (unpaired) electrons. The van der Waals surface area contributed by atoms with E-state index in [2.05, 4.69) is 15.2 Å². The number of aliphatic imine (C=N–C) groups is 1. The van der Waals surface area contributed by atoms with Crippen molar-refractivity contribution in [2.75, 3.05) is 17.3 Å². The highest BCUT2D eigenvalue weighted by Gasteiger charge is 2.36. The Morgan fingerprint density at radius 3 is 2.47 bits per heavy atom. The summed E-state index contributed by atoms with van der Waals surface area (Å²) >= 11 is 0. The van der Waals surface area contributed by atoms with E-state index in [0.717, 1.165) is 16.9 Å². The normalized spacial score (nSPS) is 14.8. The lowest BCUT2D eigenvalue weighted by Crippen LogP contribution is -2.22. The highest BCUT2D eigenvalue weighted by molar-refractivity contribution is 6.24. The van der Waals surface area contributed by atoms with Gasteiger partial charge in [-0.15, -0.1) is 0 Å². The highest BCUT2D eigenvalue weighted by atomic mass is 16.6. The van der Waals surface area contributed by atoms with E-state index in [9.17, 15) is 14.9 Å². The van der Waals surface area contributed by atoms with Crippen LogP contribution in [-0.2, 0) is 11.3 Å². The lowest BCUT2D eigenvalue weighted by atomic mass is 9.90. The Labute approximate surface area is 208 Å². The Kier molecular flexibility index (Phi) is 6.23. The summed E-state index contributed by atoms with van der Waals surface area (Å²) in [5.74, 6) is -0.148. The van der Waals surface area contributed by atoms with E-state index in [1.165, 1.54) is 12.1 Å². The first-order valence-corrected chi connectivity index (χ1v) is 11.4. The predicted octanol–water partition coefficient (Wildman–Crippen LogP) is 5.48. The quantitative estimate of drug-likeness (QED) is 0.216. The van der Waals surface area contributed by atoms with Gasteiger partial charge in [-0.25, -0.2) is 4.98 Å². The van der Waals surface area contributed by atoms with Crippen LogP contribution in [0.15, 0.2) is 102 Å². The summed E-state index contributed by atoms with van der Waals surface area (Å²) in [4.78, 5) is 35.3. The van der Waals surface area contributed by atoms with E-state index in [0.29, 0.717) is 29.2 Å². The van der Waals surface area contributed by atoms with Crippen molar-refractivity contribution in [1.29, 1.82) is 0 Å². The third-order valence-corrected chi connectivity index (χ3v) is 6.07. The summed E-state index contributed by atoms with van der Waals surface area (Å²) < 4.78 is 0. The number of carbonyl (C=O) groups is 1. The number of non-ortho nitro benzene ring substituents is 1. The van der Waals surface area contributed by atoms with Crippen LogP contribution in [0.5, 0.6) is 0 Å². The molecule has 0 bridgehead atoms. The number of amides is 1. The van der Waals surface area contributed by atoms with Gasteiger partial charge in [0, 0.05) is 43.2 Å². The average molecular weight is 478 g/mol. The lowest BCUT2D eigenvalue weighted by molar-refractivity contribution is -0.384. The van der Waals surface area contributed by atoms with Gasteiger partial charge in [0.2, 0.25) is 5.91 Å². The Balaban J connectivity index is 1.49. The number of carbonyl (C=O) groups excluding carboxylic acids is 1. The Hall–Kier alpha value is -4.85. The molecule has 1 aromatic heterocycles. The van der Waals surface area contributed by atoms with Crippen molar-refractivity contribution in [3.63, 3.8) is 0 Å². The highest BCUT2D eigenvalue weighted by Crippen LogP contribution is 2.38. The van der Waals surface area contributed by atoms with Gasteiger partial charge in [0.1, 0.15) is 11.7 Å². The summed E-state index contributed by atoms with van der Waals surface area (Å²) in [5.41, 5.74) is 4.12. The average Bonchev–Trinajstić information content (AvgIpc) is 3.24. The van der Waals surface area contributed by atoms with Crippen molar-refractivity contribution in [1.82, 2.24) is 4.98 Å². The van der Waals surface area contributed by atoms with E-state index in [-0.39, 0.29) is 11.6 Å². The molecule has 5 rings (SSSR count). The van der Waals surface area contributed by atoms with Crippen molar-refractivity contribution in [3.05, 3.63) is 124 Å². The molecule has 8 heteroatoms. The molecule has 0 spiro atoms. The van der Waals surface area contributed by atoms with Crippen LogP contribution in [0.2, 0.25) is 0 Å². The number of nitrogens with one attached hydrogen (secondary N) is 1. The first-order valence-electron chi connectivity index (χ1n) is 11.4. The second-order valence-corrected chi connectivity index (χ2v) is 8.52. The molecule has 36 heavy (non-hydrogen) atoms. The maximum absolute atomic E-state index is 13.1. The molecule has 1 unspecified atom stereocenters. The van der Waals surface area contributed by atoms with Crippen LogP contribution in [0.3, 0.4) is 0 Å². The Morgan fingerprint density at radius 2 is 1.78 bits per heavy atom. The smallest absolute Gasteiger partial charge is 0.269 e. The van der Waals surface area contributed by atoms with Crippen LogP contribution in [-0.4, -0.2) is 28.6 Å². The fourth-order valence-electron chi connectivity index (χ4n) is 4.29. The van der Waals surface area contributed by atoms with Gasteiger partial charge in [0.15, 0.2) is 0 Å². The molecule has 1 N–H and O–H groups in total. The first-order chi connectivity index (χ1) is 17.5. The summed E-state index contributed by atoms with van der Waals surface area (Å²) in [6.45, 7) is 0.675. The van der Waals surface area contributed by atoms with Crippen molar-refractivity contribution >= 4 is 34.5 Å². The zero-order valence-corrected chi connectivity index (χ0v) is 19.5. The molecule has 0 saturated carbocycles. The van der Waals surface area contributed by atoms with E-state index >= 15 is 0 Å². The van der Waals surface area contributed by atoms with E-state index < -0.39 is 10.8 Å². The molecule has 0 aliphatic carbocycles. The van der Waals surface area contributed by atoms with Crippen LogP contribution in [0.1, 0.15) is 22.6 Å². The molecule has 1 atom stereocenters. The fourth-order valence-corrected chi connectivity index (χ4v) is 4.29. The zero-order chi connectivity index (χ0) is 25.1. The number of nitrogens with zero attached hydrogens (tertiary/aromatic N) is 4. The van der Waals surface area contributed by atoms with E-state index in [1.54, 1.807) is 12.3 Å². The van der Waals surface area contributed by atoms with E-state index in [4.69, 9.17) is 4.99 Å². The number of aromatic nitrogens is 1. The summed E-state index contributed by atoms with van der Waals surface area (Å²) in [6.07, 6.45) is 1.76. The molecule has 1 aliphatic rings. The van der Waals surface area contributed by atoms with Crippen LogP contribution < -0.4 is 10.2 Å². The zero-order valence-electron chi connectivity index (χ0n) is 19.5. The number of hydrogen-bond donors (Lipinski definition) is 1. The summed E-state index contributed by atoms with van der Waals surface area (Å²) in [5, 5.41) is 14.2. The molecule has 178 valence electrons. The molecule has 3 aromatic carbocycles.